The number of hydrogen-bond donors (Lipinski definition) is 1. The monoisotopic (exact) mass is 249 g/mol. The van der Waals surface area contributed by atoms with Crippen LogP contribution in [-0.2, 0) is 7.05 Å². The SMILES string of the molecule is Cc1cc(-c2cccs2)c(C(=O)O)c(=O)n1C. The molecule has 0 aliphatic heterocycles. The predicted octanol–water partition coefficient (Wildman–Crippen LogP) is 2.12. The average Bonchev–Trinajstić information content (AvgIpc) is 2.77. The van der Waals surface area contributed by atoms with Crippen molar-refractivity contribution in [3.63, 3.8) is 0 Å². The second-order valence-corrected chi connectivity index (χ2v) is 4.67. The first-order valence-corrected chi connectivity index (χ1v) is 5.88. The smallest absolute Gasteiger partial charge is 0.342 e. The summed E-state index contributed by atoms with van der Waals surface area (Å²) < 4.78 is 1.35. The second-order valence-electron chi connectivity index (χ2n) is 3.72. The van der Waals surface area contributed by atoms with Crippen LogP contribution in [0.3, 0.4) is 0 Å². The number of aromatic nitrogens is 1. The topological polar surface area (TPSA) is 59.3 Å². The van der Waals surface area contributed by atoms with E-state index in [1.165, 1.54) is 15.9 Å². The minimum Gasteiger partial charge on any atom is -0.477 e. The fourth-order valence-electron chi connectivity index (χ4n) is 1.65. The first-order valence-electron chi connectivity index (χ1n) is 5.00. The molecule has 1 N–H and O–H groups in total. The van der Waals surface area contributed by atoms with Crippen molar-refractivity contribution in [3.05, 3.63) is 45.2 Å². The van der Waals surface area contributed by atoms with Crippen molar-refractivity contribution in [3.8, 4) is 10.4 Å². The Balaban J connectivity index is 2.84. The van der Waals surface area contributed by atoms with Crippen LogP contribution in [-0.4, -0.2) is 15.6 Å². The molecule has 0 fully saturated rings. The van der Waals surface area contributed by atoms with Crippen LogP contribution in [0.2, 0.25) is 0 Å². The van der Waals surface area contributed by atoms with Gasteiger partial charge in [-0.1, -0.05) is 6.07 Å². The van der Waals surface area contributed by atoms with E-state index in [0.717, 1.165) is 10.6 Å². The average molecular weight is 249 g/mol. The van der Waals surface area contributed by atoms with Gasteiger partial charge in [0, 0.05) is 23.2 Å². The van der Waals surface area contributed by atoms with Gasteiger partial charge in [0.05, 0.1) is 0 Å². The Morgan fingerprint density at radius 1 is 1.47 bits per heavy atom. The van der Waals surface area contributed by atoms with Crippen LogP contribution in [0.25, 0.3) is 10.4 Å². The van der Waals surface area contributed by atoms with Crippen LogP contribution in [0, 0.1) is 6.92 Å². The van der Waals surface area contributed by atoms with E-state index in [4.69, 9.17) is 5.11 Å². The molecule has 17 heavy (non-hydrogen) atoms. The summed E-state index contributed by atoms with van der Waals surface area (Å²) in [4.78, 5) is 23.9. The number of aromatic carboxylic acids is 1. The van der Waals surface area contributed by atoms with Crippen molar-refractivity contribution in [2.75, 3.05) is 0 Å². The highest BCUT2D eigenvalue weighted by Crippen LogP contribution is 2.27. The van der Waals surface area contributed by atoms with Crippen molar-refractivity contribution in [1.82, 2.24) is 4.57 Å². The molecule has 2 heterocycles. The Kier molecular flexibility index (Phi) is 2.85. The Morgan fingerprint density at radius 2 is 2.18 bits per heavy atom. The van der Waals surface area contributed by atoms with Gasteiger partial charge in [-0.3, -0.25) is 4.79 Å². The minimum absolute atomic E-state index is 0.166. The molecular formula is C12H11NO3S. The van der Waals surface area contributed by atoms with Gasteiger partial charge in [0.1, 0.15) is 5.56 Å². The summed E-state index contributed by atoms with van der Waals surface area (Å²) in [7, 11) is 1.57. The van der Waals surface area contributed by atoms with E-state index in [1.54, 1.807) is 20.0 Å². The summed E-state index contributed by atoms with van der Waals surface area (Å²) in [6.45, 7) is 1.78. The van der Waals surface area contributed by atoms with Crippen molar-refractivity contribution in [2.24, 2.45) is 7.05 Å². The normalized spacial score (nSPS) is 10.5. The maximum atomic E-state index is 11.9. The van der Waals surface area contributed by atoms with Crippen molar-refractivity contribution in [2.45, 2.75) is 6.92 Å². The zero-order valence-electron chi connectivity index (χ0n) is 9.43. The van der Waals surface area contributed by atoms with Crippen LogP contribution >= 0.6 is 11.3 Å². The van der Waals surface area contributed by atoms with E-state index in [-0.39, 0.29) is 5.56 Å². The van der Waals surface area contributed by atoms with Gasteiger partial charge in [0.15, 0.2) is 0 Å². The lowest BCUT2D eigenvalue weighted by Gasteiger charge is -2.09. The molecule has 2 rings (SSSR count). The zero-order valence-corrected chi connectivity index (χ0v) is 10.2. The molecule has 0 saturated carbocycles. The van der Waals surface area contributed by atoms with Crippen molar-refractivity contribution < 1.29 is 9.90 Å². The molecule has 0 aliphatic rings. The maximum absolute atomic E-state index is 11.9. The van der Waals surface area contributed by atoms with Gasteiger partial charge in [-0.2, -0.15) is 0 Å². The van der Waals surface area contributed by atoms with Crippen LogP contribution in [0.4, 0.5) is 0 Å². The van der Waals surface area contributed by atoms with Crippen molar-refractivity contribution >= 4 is 17.3 Å². The number of carbonyl (C=O) groups is 1. The molecule has 0 atom stereocenters. The molecule has 4 nitrogen and oxygen atoms in total. The highest BCUT2D eigenvalue weighted by molar-refractivity contribution is 7.13. The molecule has 0 spiro atoms. The van der Waals surface area contributed by atoms with Gasteiger partial charge in [-0.15, -0.1) is 11.3 Å². The van der Waals surface area contributed by atoms with Crippen LogP contribution < -0.4 is 5.56 Å². The summed E-state index contributed by atoms with van der Waals surface area (Å²) in [6.07, 6.45) is 0. The number of aryl methyl sites for hydroxylation is 1. The highest BCUT2D eigenvalue weighted by Gasteiger charge is 2.19. The van der Waals surface area contributed by atoms with E-state index in [0.29, 0.717) is 5.56 Å². The van der Waals surface area contributed by atoms with E-state index in [9.17, 15) is 9.59 Å². The van der Waals surface area contributed by atoms with Gasteiger partial charge in [-0.25, -0.2) is 4.79 Å². The lowest BCUT2D eigenvalue weighted by molar-refractivity contribution is 0.0695. The first-order chi connectivity index (χ1) is 8.02. The van der Waals surface area contributed by atoms with Crippen LogP contribution in [0.5, 0.6) is 0 Å². The number of nitrogens with zero attached hydrogens (tertiary/aromatic N) is 1. The summed E-state index contributed by atoms with van der Waals surface area (Å²) in [5.74, 6) is -1.19. The van der Waals surface area contributed by atoms with Gasteiger partial charge >= 0.3 is 5.97 Å². The molecule has 2 aromatic rings. The molecule has 0 unspecified atom stereocenters. The minimum atomic E-state index is -1.19. The molecule has 0 saturated heterocycles. The van der Waals surface area contributed by atoms with E-state index in [1.807, 2.05) is 17.5 Å². The Labute approximate surface area is 102 Å². The third-order valence-corrected chi connectivity index (χ3v) is 3.57. The van der Waals surface area contributed by atoms with E-state index in [2.05, 4.69) is 0 Å². The summed E-state index contributed by atoms with van der Waals surface area (Å²) in [5, 5.41) is 11.0. The van der Waals surface area contributed by atoms with Gasteiger partial charge < -0.3 is 9.67 Å². The number of rotatable bonds is 2. The Bertz CT molecular complexity index is 626. The third-order valence-electron chi connectivity index (χ3n) is 2.67. The highest BCUT2D eigenvalue weighted by atomic mass is 32.1. The maximum Gasteiger partial charge on any atom is 0.342 e. The Hall–Kier alpha value is -1.88. The summed E-state index contributed by atoms with van der Waals surface area (Å²) in [5.41, 5.74) is 0.595. The quantitative estimate of drug-likeness (QED) is 0.886. The molecule has 0 aromatic carbocycles. The molecular weight excluding hydrogens is 238 g/mol. The summed E-state index contributed by atoms with van der Waals surface area (Å²) in [6, 6.07) is 5.38. The van der Waals surface area contributed by atoms with Gasteiger partial charge in [-0.05, 0) is 24.4 Å². The first kappa shape index (κ1) is 11.6. The predicted molar refractivity (Wildman–Crippen MR) is 66.7 cm³/mol. The van der Waals surface area contributed by atoms with E-state index >= 15 is 0 Å². The molecule has 0 amide bonds. The lowest BCUT2D eigenvalue weighted by Crippen LogP contribution is -2.26. The van der Waals surface area contributed by atoms with Crippen LogP contribution in [0.1, 0.15) is 16.1 Å². The molecule has 0 radical (unpaired) electrons. The van der Waals surface area contributed by atoms with E-state index < -0.39 is 11.5 Å². The van der Waals surface area contributed by atoms with Gasteiger partial charge in [0.2, 0.25) is 0 Å². The number of carboxylic acids is 1. The second kappa shape index (κ2) is 4.18. The number of hydrogen-bond acceptors (Lipinski definition) is 3. The largest absolute Gasteiger partial charge is 0.477 e. The lowest BCUT2D eigenvalue weighted by atomic mass is 10.1. The van der Waals surface area contributed by atoms with Crippen LogP contribution in [0.15, 0.2) is 28.4 Å². The standard InChI is InChI=1S/C12H11NO3S/c1-7-6-8(9-4-3-5-17-9)10(12(15)16)11(14)13(7)2/h3-6H,1-2H3,(H,15,16). The number of thiophene rings is 1. The molecule has 88 valence electrons. The summed E-state index contributed by atoms with van der Waals surface area (Å²) >= 11 is 1.42. The number of pyridine rings is 1. The molecule has 0 aliphatic carbocycles. The third kappa shape index (κ3) is 1.89. The molecule has 0 bridgehead atoms. The molecule has 2 aromatic heterocycles. The Morgan fingerprint density at radius 3 is 2.71 bits per heavy atom. The molecule has 5 heteroatoms. The fourth-order valence-corrected chi connectivity index (χ4v) is 2.40. The van der Waals surface area contributed by atoms with Crippen molar-refractivity contribution in [1.29, 1.82) is 0 Å². The van der Waals surface area contributed by atoms with Gasteiger partial charge in [0.25, 0.3) is 5.56 Å². The number of carboxylic acid groups (broad SMARTS) is 1. The zero-order chi connectivity index (χ0) is 12.6. The fraction of sp³-hybridized carbons (Fsp3) is 0.167.